The van der Waals surface area contributed by atoms with Crippen molar-refractivity contribution in [1.29, 1.82) is 0 Å². The molecule has 0 saturated heterocycles. The molecule has 0 rings (SSSR count). The molecule has 0 aliphatic carbocycles. The second-order valence-corrected chi connectivity index (χ2v) is 4.34. The number of hydrogen-bond acceptors (Lipinski definition) is 2. The fourth-order valence-corrected chi connectivity index (χ4v) is 1.31. The number of nitrogens with zero attached hydrogens (tertiary/aromatic N) is 1. The van der Waals surface area contributed by atoms with E-state index in [1.54, 1.807) is 6.08 Å². The van der Waals surface area contributed by atoms with Gasteiger partial charge in [-0.15, -0.1) is 0 Å². The van der Waals surface area contributed by atoms with E-state index in [1.807, 2.05) is 6.92 Å². The summed E-state index contributed by atoms with van der Waals surface area (Å²) in [6.45, 7) is 8.52. The molecule has 0 aromatic heterocycles. The van der Waals surface area contributed by atoms with Crippen molar-refractivity contribution in [3.8, 4) is 0 Å². The van der Waals surface area contributed by atoms with Gasteiger partial charge in [-0.3, -0.25) is 0 Å². The van der Waals surface area contributed by atoms with Gasteiger partial charge in [-0.1, -0.05) is 33.6 Å². The van der Waals surface area contributed by atoms with Crippen molar-refractivity contribution in [2.75, 3.05) is 0 Å². The minimum absolute atomic E-state index is 0.170. The monoisotopic (exact) mass is 183 g/mol. The van der Waals surface area contributed by atoms with E-state index in [9.17, 15) is 4.79 Å². The molecule has 0 aromatic carbocycles. The molecular weight excluding hydrogens is 162 g/mol. The summed E-state index contributed by atoms with van der Waals surface area (Å²) < 4.78 is 0. The highest BCUT2D eigenvalue weighted by Gasteiger charge is 2.20. The quantitative estimate of drug-likeness (QED) is 0.459. The number of carbonyl (C=O) groups excluding carboxylic acids is 1. The highest BCUT2D eigenvalue weighted by atomic mass is 16.1. The van der Waals surface area contributed by atoms with Crippen LogP contribution in [0.4, 0.5) is 0 Å². The number of aliphatic imine (C=N–C) groups is 1. The molecule has 0 radical (unpaired) electrons. The molecule has 0 bridgehead atoms. The average Bonchev–Trinajstić information content (AvgIpc) is 2.04. The van der Waals surface area contributed by atoms with Crippen LogP contribution in [0.15, 0.2) is 4.99 Å². The van der Waals surface area contributed by atoms with Crippen LogP contribution in [0.1, 0.15) is 53.4 Å². The van der Waals surface area contributed by atoms with Gasteiger partial charge in [0.15, 0.2) is 0 Å². The average molecular weight is 183 g/mol. The third kappa shape index (κ3) is 5.59. The van der Waals surface area contributed by atoms with Crippen molar-refractivity contribution < 1.29 is 4.79 Å². The van der Waals surface area contributed by atoms with Gasteiger partial charge in [-0.2, -0.15) is 4.99 Å². The van der Waals surface area contributed by atoms with Gasteiger partial charge in [0, 0.05) is 0 Å². The summed E-state index contributed by atoms with van der Waals surface area (Å²) in [4.78, 5) is 14.1. The van der Waals surface area contributed by atoms with Crippen molar-refractivity contribution in [2.45, 2.75) is 58.9 Å². The molecular formula is C11H21NO. The summed E-state index contributed by atoms with van der Waals surface area (Å²) in [6.07, 6.45) is 5.94. The first-order chi connectivity index (χ1) is 6.04. The van der Waals surface area contributed by atoms with Crippen LogP contribution < -0.4 is 0 Å². The Kier molecular flexibility index (Phi) is 5.65. The molecule has 0 N–H and O–H groups in total. The smallest absolute Gasteiger partial charge is 0.211 e. The lowest BCUT2D eigenvalue weighted by atomic mass is 9.91. The second kappa shape index (κ2) is 5.93. The SMILES string of the molecule is CCC(C)(CCCC(C)C)N=C=O. The molecule has 0 amide bonds. The van der Waals surface area contributed by atoms with E-state index in [-0.39, 0.29) is 5.54 Å². The number of hydrogen-bond donors (Lipinski definition) is 0. The van der Waals surface area contributed by atoms with Gasteiger partial charge >= 0.3 is 0 Å². The lowest BCUT2D eigenvalue weighted by Gasteiger charge is -2.21. The summed E-state index contributed by atoms with van der Waals surface area (Å²) in [7, 11) is 0. The third-order valence-corrected chi connectivity index (χ3v) is 2.57. The Morgan fingerprint density at radius 2 is 2.08 bits per heavy atom. The van der Waals surface area contributed by atoms with Crippen LogP contribution in [-0.2, 0) is 4.79 Å². The standard InChI is InChI=1S/C11H21NO/c1-5-11(4,12-9-13)8-6-7-10(2)3/h10H,5-8H2,1-4H3. The Labute approximate surface area is 81.4 Å². The first kappa shape index (κ1) is 12.4. The van der Waals surface area contributed by atoms with Gasteiger partial charge in [0.1, 0.15) is 0 Å². The number of isocyanates is 1. The van der Waals surface area contributed by atoms with Crippen LogP contribution in [-0.4, -0.2) is 11.6 Å². The molecule has 0 spiro atoms. The maximum atomic E-state index is 10.2. The van der Waals surface area contributed by atoms with Crippen LogP contribution in [0, 0.1) is 5.92 Å². The van der Waals surface area contributed by atoms with E-state index < -0.39 is 0 Å². The minimum atomic E-state index is -0.170. The fraction of sp³-hybridized carbons (Fsp3) is 0.909. The summed E-state index contributed by atoms with van der Waals surface area (Å²) in [5.41, 5.74) is -0.170. The maximum absolute atomic E-state index is 10.2. The highest BCUT2D eigenvalue weighted by Crippen LogP contribution is 2.23. The predicted molar refractivity (Wildman–Crippen MR) is 55.5 cm³/mol. The van der Waals surface area contributed by atoms with E-state index >= 15 is 0 Å². The van der Waals surface area contributed by atoms with Crippen molar-refractivity contribution in [3.05, 3.63) is 0 Å². The number of rotatable bonds is 6. The zero-order valence-electron chi connectivity index (χ0n) is 9.26. The first-order valence-corrected chi connectivity index (χ1v) is 5.13. The Morgan fingerprint density at radius 3 is 2.46 bits per heavy atom. The van der Waals surface area contributed by atoms with Gasteiger partial charge in [0.25, 0.3) is 0 Å². The van der Waals surface area contributed by atoms with Crippen molar-refractivity contribution >= 4 is 6.08 Å². The molecule has 0 aliphatic heterocycles. The predicted octanol–water partition coefficient (Wildman–Crippen LogP) is 3.32. The van der Waals surface area contributed by atoms with Crippen LogP contribution in [0.25, 0.3) is 0 Å². The molecule has 0 heterocycles. The molecule has 76 valence electrons. The molecule has 1 atom stereocenters. The zero-order valence-corrected chi connectivity index (χ0v) is 9.26. The molecule has 1 unspecified atom stereocenters. The van der Waals surface area contributed by atoms with E-state index in [0.717, 1.165) is 25.2 Å². The normalized spacial score (nSPS) is 15.2. The largest absolute Gasteiger partial charge is 0.235 e. The van der Waals surface area contributed by atoms with Crippen molar-refractivity contribution in [2.24, 2.45) is 10.9 Å². The third-order valence-electron chi connectivity index (χ3n) is 2.57. The summed E-state index contributed by atoms with van der Waals surface area (Å²) in [5.74, 6) is 0.737. The summed E-state index contributed by atoms with van der Waals surface area (Å²) >= 11 is 0. The van der Waals surface area contributed by atoms with Crippen molar-refractivity contribution in [1.82, 2.24) is 0 Å². The summed E-state index contributed by atoms with van der Waals surface area (Å²) in [5, 5.41) is 0. The molecule has 2 nitrogen and oxygen atoms in total. The van der Waals surface area contributed by atoms with Crippen molar-refractivity contribution in [3.63, 3.8) is 0 Å². The van der Waals surface area contributed by atoms with E-state index in [4.69, 9.17) is 0 Å². The van der Waals surface area contributed by atoms with Gasteiger partial charge < -0.3 is 0 Å². The Morgan fingerprint density at radius 1 is 1.46 bits per heavy atom. The molecule has 13 heavy (non-hydrogen) atoms. The van der Waals surface area contributed by atoms with Gasteiger partial charge in [-0.05, 0) is 25.7 Å². The molecule has 0 aliphatic rings. The van der Waals surface area contributed by atoms with Crippen LogP contribution in [0.2, 0.25) is 0 Å². The van der Waals surface area contributed by atoms with E-state index in [2.05, 4.69) is 25.8 Å². The topological polar surface area (TPSA) is 29.4 Å². The Bertz CT molecular complexity index is 183. The lowest BCUT2D eigenvalue weighted by molar-refractivity contribution is 0.383. The summed E-state index contributed by atoms with van der Waals surface area (Å²) in [6, 6.07) is 0. The lowest BCUT2D eigenvalue weighted by Crippen LogP contribution is -2.20. The fourth-order valence-electron chi connectivity index (χ4n) is 1.31. The van der Waals surface area contributed by atoms with Crippen LogP contribution >= 0.6 is 0 Å². The molecule has 2 heteroatoms. The zero-order chi connectivity index (χ0) is 10.3. The highest BCUT2D eigenvalue weighted by molar-refractivity contribution is 5.34. The molecule has 0 fully saturated rings. The first-order valence-electron chi connectivity index (χ1n) is 5.13. The minimum Gasteiger partial charge on any atom is -0.211 e. The van der Waals surface area contributed by atoms with Gasteiger partial charge in [0.2, 0.25) is 6.08 Å². The van der Waals surface area contributed by atoms with Gasteiger partial charge in [-0.25, -0.2) is 4.79 Å². The second-order valence-electron chi connectivity index (χ2n) is 4.34. The van der Waals surface area contributed by atoms with E-state index in [0.29, 0.717) is 0 Å². The van der Waals surface area contributed by atoms with Gasteiger partial charge in [0.05, 0.1) is 5.54 Å². The molecule has 0 saturated carbocycles. The molecule has 0 aromatic rings. The Hall–Kier alpha value is -0.620. The van der Waals surface area contributed by atoms with Crippen LogP contribution in [0.5, 0.6) is 0 Å². The maximum Gasteiger partial charge on any atom is 0.235 e. The Balaban J connectivity index is 3.90. The van der Waals surface area contributed by atoms with Crippen LogP contribution in [0.3, 0.4) is 0 Å². The van der Waals surface area contributed by atoms with E-state index in [1.165, 1.54) is 6.42 Å².